The zero-order valence-electron chi connectivity index (χ0n) is 22.3. The molecule has 0 aliphatic carbocycles. The first kappa shape index (κ1) is 35.6. The van der Waals surface area contributed by atoms with Crippen LogP contribution in [0.2, 0.25) is 0 Å². The van der Waals surface area contributed by atoms with E-state index in [1.54, 1.807) is 0 Å². The van der Waals surface area contributed by atoms with Gasteiger partial charge in [-0.2, -0.15) is 57.1 Å². The number of hydrogen-bond acceptors (Lipinski definition) is 2. The van der Waals surface area contributed by atoms with Crippen molar-refractivity contribution >= 4 is 0 Å². The van der Waals surface area contributed by atoms with E-state index in [1.165, 1.54) is 44.5 Å². The number of aryl methyl sites for hydroxylation is 1. The molecule has 1 aromatic heterocycles. The maximum absolute atomic E-state index is 14.4. The van der Waals surface area contributed by atoms with E-state index in [4.69, 9.17) is 0 Å². The molecule has 238 valence electrons. The van der Waals surface area contributed by atoms with Crippen molar-refractivity contribution in [3.63, 3.8) is 0 Å². The van der Waals surface area contributed by atoms with Crippen LogP contribution in [0.25, 0.3) is 11.4 Å². The minimum absolute atomic E-state index is 0.0896. The van der Waals surface area contributed by atoms with E-state index in [1.807, 2.05) is 0 Å². The molecule has 0 saturated carbocycles. The van der Waals surface area contributed by atoms with Gasteiger partial charge in [-0.15, -0.1) is 0 Å². The molecule has 0 spiro atoms. The monoisotopic (exact) mass is 628 g/mol. The first-order chi connectivity index (χ1) is 19.3. The van der Waals surface area contributed by atoms with Crippen molar-refractivity contribution < 1.29 is 57.1 Å². The summed E-state index contributed by atoms with van der Waals surface area (Å²) in [5.74, 6) is -37.3. The van der Waals surface area contributed by atoms with E-state index in [2.05, 4.69) is 16.9 Å². The highest BCUT2D eigenvalue weighted by molar-refractivity contribution is 5.55. The minimum Gasteiger partial charge on any atom is -0.236 e. The number of unbranched alkanes of at least 4 members (excludes halogenated alkanes) is 8. The molecule has 0 saturated heterocycles. The summed E-state index contributed by atoms with van der Waals surface area (Å²) in [7, 11) is 0. The topological polar surface area (TPSA) is 25.8 Å². The minimum atomic E-state index is -7.94. The molecule has 0 aliphatic heterocycles. The van der Waals surface area contributed by atoms with Gasteiger partial charge < -0.3 is 0 Å². The fraction of sp³-hybridized carbons (Fsp3) is 0.630. The zero-order valence-corrected chi connectivity index (χ0v) is 22.3. The van der Waals surface area contributed by atoms with Gasteiger partial charge in [0.05, 0.1) is 0 Å². The SMILES string of the molecule is CCCCCCCCCCCc1cnc(-c2ccc(C(F)(F)C(F)(F)C(F)(F)C(F)(F)C(F)(F)C(F)(F)F)cc2)nc1. The predicted octanol–water partition coefficient (Wildman–Crippen LogP) is 10.4. The van der Waals surface area contributed by atoms with Crippen LogP contribution in [-0.4, -0.2) is 39.8 Å². The molecule has 0 bridgehead atoms. The Balaban J connectivity index is 2.09. The van der Waals surface area contributed by atoms with Crippen LogP contribution in [0.1, 0.15) is 75.8 Å². The number of nitrogens with zero attached hydrogens (tertiary/aromatic N) is 2. The van der Waals surface area contributed by atoms with Gasteiger partial charge in [0.25, 0.3) is 0 Å². The maximum atomic E-state index is 14.4. The molecule has 0 aliphatic rings. The molecule has 1 aromatic carbocycles. The van der Waals surface area contributed by atoms with Gasteiger partial charge in [0, 0.05) is 23.5 Å². The second-order valence-electron chi connectivity index (χ2n) is 9.94. The third kappa shape index (κ3) is 7.12. The summed E-state index contributed by atoms with van der Waals surface area (Å²) in [4.78, 5) is 8.02. The Bertz CT molecular complexity index is 1110. The van der Waals surface area contributed by atoms with Crippen LogP contribution in [0.5, 0.6) is 0 Å². The normalized spacial score (nSPS) is 14.0. The third-order valence-corrected chi connectivity index (χ3v) is 6.71. The summed E-state index contributed by atoms with van der Waals surface area (Å²) in [6.45, 7) is 2.14. The van der Waals surface area contributed by atoms with E-state index in [0.29, 0.717) is 18.6 Å². The second-order valence-corrected chi connectivity index (χ2v) is 9.94. The molecule has 2 aromatic rings. The Morgan fingerprint density at radius 3 is 1.40 bits per heavy atom. The molecule has 0 unspecified atom stereocenters. The Labute approximate surface area is 233 Å². The molecular formula is C27H29F13N2. The van der Waals surface area contributed by atoms with Gasteiger partial charge in [0.2, 0.25) is 0 Å². The summed E-state index contributed by atoms with van der Waals surface area (Å²) in [6.07, 6.45) is 6.06. The number of rotatable bonds is 16. The average molecular weight is 629 g/mol. The van der Waals surface area contributed by atoms with Crippen molar-refractivity contribution in [2.75, 3.05) is 0 Å². The van der Waals surface area contributed by atoms with Crippen LogP contribution in [-0.2, 0) is 12.3 Å². The van der Waals surface area contributed by atoms with Crippen molar-refractivity contribution in [3.05, 3.63) is 47.8 Å². The van der Waals surface area contributed by atoms with E-state index in [-0.39, 0.29) is 23.5 Å². The molecule has 0 fully saturated rings. The quantitative estimate of drug-likeness (QED) is 0.137. The first-order valence-electron chi connectivity index (χ1n) is 13.1. The fourth-order valence-corrected chi connectivity index (χ4v) is 4.05. The maximum Gasteiger partial charge on any atom is 0.460 e. The summed E-state index contributed by atoms with van der Waals surface area (Å²) in [5, 5.41) is 0. The van der Waals surface area contributed by atoms with Gasteiger partial charge in [0.1, 0.15) is 0 Å². The van der Waals surface area contributed by atoms with E-state index >= 15 is 0 Å². The second kappa shape index (κ2) is 13.4. The average Bonchev–Trinajstić information content (AvgIpc) is 2.91. The lowest BCUT2D eigenvalue weighted by atomic mass is 9.90. The fourth-order valence-electron chi connectivity index (χ4n) is 4.05. The summed E-state index contributed by atoms with van der Waals surface area (Å²) in [5.41, 5.74) is -1.40. The van der Waals surface area contributed by atoms with Crippen LogP contribution in [0.3, 0.4) is 0 Å². The Kier molecular flexibility index (Phi) is 11.3. The van der Waals surface area contributed by atoms with Gasteiger partial charge in [0.15, 0.2) is 5.82 Å². The first-order valence-corrected chi connectivity index (χ1v) is 13.1. The van der Waals surface area contributed by atoms with Crippen molar-refractivity contribution in [3.8, 4) is 11.4 Å². The summed E-state index contributed by atoms with van der Waals surface area (Å²) >= 11 is 0. The lowest BCUT2D eigenvalue weighted by Gasteiger charge is -2.39. The van der Waals surface area contributed by atoms with Gasteiger partial charge in [-0.05, 0) is 18.4 Å². The lowest BCUT2D eigenvalue weighted by Crippen LogP contribution is -2.69. The Morgan fingerprint density at radius 2 is 0.952 bits per heavy atom. The van der Waals surface area contributed by atoms with E-state index < -0.39 is 41.4 Å². The predicted molar refractivity (Wildman–Crippen MR) is 128 cm³/mol. The molecule has 0 amide bonds. The van der Waals surface area contributed by atoms with Gasteiger partial charge >= 0.3 is 35.8 Å². The number of hydrogen-bond donors (Lipinski definition) is 0. The molecule has 42 heavy (non-hydrogen) atoms. The lowest BCUT2D eigenvalue weighted by molar-refractivity contribution is -0.441. The summed E-state index contributed by atoms with van der Waals surface area (Å²) < 4.78 is 174. The van der Waals surface area contributed by atoms with Gasteiger partial charge in [-0.3, -0.25) is 0 Å². The van der Waals surface area contributed by atoms with Crippen molar-refractivity contribution in [1.82, 2.24) is 9.97 Å². The molecule has 1 heterocycles. The molecule has 0 atom stereocenters. The van der Waals surface area contributed by atoms with Crippen molar-refractivity contribution in [2.24, 2.45) is 0 Å². The Hall–Kier alpha value is -2.61. The standard InChI is InChI=1S/C27H29F13N2/c1-2-3-4-5-6-7-8-9-10-11-18-16-41-21(42-17-18)19-12-14-20(15-13-19)22(28,29)23(30,31)24(32,33)25(34,35)26(36,37)27(38,39)40/h12-17H,2-11H2,1H3. The molecule has 2 nitrogen and oxygen atoms in total. The largest absolute Gasteiger partial charge is 0.460 e. The molecule has 2 rings (SSSR count). The van der Waals surface area contributed by atoms with Crippen LogP contribution < -0.4 is 0 Å². The Morgan fingerprint density at radius 1 is 0.524 bits per heavy atom. The molecular weight excluding hydrogens is 599 g/mol. The van der Waals surface area contributed by atoms with Crippen LogP contribution in [0.15, 0.2) is 36.7 Å². The number of alkyl halides is 13. The van der Waals surface area contributed by atoms with Gasteiger partial charge in [-0.1, -0.05) is 82.6 Å². The number of benzene rings is 1. The number of aromatic nitrogens is 2. The van der Waals surface area contributed by atoms with Gasteiger partial charge in [-0.25, -0.2) is 9.97 Å². The molecule has 0 radical (unpaired) electrons. The highest BCUT2D eigenvalue weighted by Gasteiger charge is 2.90. The molecule has 15 heteroatoms. The van der Waals surface area contributed by atoms with Crippen molar-refractivity contribution in [1.29, 1.82) is 0 Å². The summed E-state index contributed by atoms with van der Waals surface area (Å²) in [6, 6.07) is 1.49. The highest BCUT2D eigenvalue weighted by Crippen LogP contribution is 2.62. The highest BCUT2D eigenvalue weighted by atomic mass is 19.4. The van der Waals surface area contributed by atoms with E-state index in [0.717, 1.165) is 31.2 Å². The zero-order chi connectivity index (χ0) is 32.0. The van der Waals surface area contributed by atoms with Crippen LogP contribution in [0, 0.1) is 0 Å². The number of halogens is 13. The smallest absolute Gasteiger partial charge is 0.236 e. The van der Waals surface area contributed by atoms with Crippen LogP contribution in [0.4, 0.5) is 57.1 Å². The molecule has 0 N–H and O–H groups in total. The third-order valence-electron chi connectivity index (χ3n) is 6.71. The van der Waals surface area contributed by atoms with E-state index in [9.17, 15) is 57.1 Å². The van der Waals surface area contributed by atoms with Crippen LogP contribution >= 0.6 is 0 Å². The van der Waals surface area contributed by atoms with Crippen molar-refractivity contribution in [2.45, 2.75) is 107 Å².